The molecule has 0 aliphatic carbocycles. The van der Waals surface area contributed by atoms with Crippen molar-refractivity contribution in [2.24, 2.45) is 5.73 Å². The van der Waals surface area contributed by atoms with Crippen molar-refractivity contribution in [2.75, 3.05) is 7.05 Å². The van der Waals surface area contributed by atoms with Crippen molar-refractivity contribution in [1.29, 1.82) is 0 Å². The standard InChI is InChI=1S/C13H15N3O2/c1-15-12(17)11(16-13(14)18)9-5-8-10-6-3-2-4-7-10/h2-4,6-7,11H,9H2,1H3,(H,15,17)(H3,14,16,18). The van der Waals surface area contributed by atoms with E-state index < -0.39 is 12.1 Å². The summed E-state index contributed by atoms with van der Waals surface area (Å²) in [5, 5.41) is 4.78. The molecule has 94 valence electrons. The fourth-order valence-electron chi connectivity index (χ4n) is 1.33. The van der Waals surface area contributed by atoms with Crippen LogP contribution < -0.4 is 16.4 Å². The number of primary amides is 1. The van der Waals surface area contributed by atoms with Crippen LogP contribution in [0.1, 0.15) is 12.0 Å². The number of nitrogens with two attached hydrogens (primary N) is 1. The lowest BCUT2D eigenvalue weighted by Gasteiger charge is -2.12. The maximum Gasteiger partial charge on any atom is 0.312 e. The Balaban J connectivity index is 2.65. The minimum absolute atomic E-state index is 0.206. The summed E-state index contributed by atoms with van der Waals surface area (Å²) < 4.78 is 0. The third kappa shape index (κ3) is 4.58. The van der Waals surface area contributed by atoms with Gasteiger partial charge in [0.15, 0.2) is 0 Å². The molecule has 1 atom stereocenters. The highest BCUT2D eigenvalue weighted by Crippen LogP contribution is 1.96. The number of rotatable bonds is 3. The summed E-state index contributed by atoms with van der Waals surface area (Å²) in [6, 6.07) is 7.90. The molecule has 3 amide bonds. The summed E-state index contributed by atoms with van der Waals surface area (Å²) in [6.45, 7) is 0. The van der Waals surface area contributed by atoms with Gasteiger partial charge in [-0.2, -0.15) is 0 Å². The highest BCUT2D eigenvalue weighted by Gasteiger charge is 2.16. The van der Waals surface area contributed by atoms with E-state index in [0.29, 0.717) is 0 Å². The molecule has 18 heavy (non-hydrogen) atoms. The van der Waals surface area contributed by atoms with Crippen molar-refractivity contribution in [1.82, 2.24) is 10.6 Å². The van der Waals surface area contributed by atoms with Crippen LogP contribution in [-0.2, 0) is 4.79 Å². The monoisotopic (exact) mass is 245 g/mol. The first-order valence-electron chi connectivity index (χ1n) is 5.45. The average Bonchev–Trinajstić information content (AvgIpc) is 2.37. The molecular weight excluding hydrogens is 230 g/mol. The number of carbonyl (C=O) groups is 2. The molecule has 0 fully saturated rings. The van der Waals surface area contributed by atoms with Gasteiger partial charge in [-0.1, -0.05) is 30.0 Å². The SMILES string of the molecule is CNC(=O)C(CC#Cc1ccccc1)NC(N)=O. The summed E-state index contributed by atoms with van der Waals surface area (Å²) in [4.78, 5) is 22.2. The van der Waals surface area contributed by atoms with Crippen molar-refractivity contribution < 1.29 is 9.59 Å². The Labute approximate surface area is 106 Å². The summed E-state index contributed by atoms with van der Waals surface area (Å²) >= 11 is 0. The fraction of sp³-hybridized carbons (Fsp3) is 0.231. The number of hydrogen-bond donors (Lipinski definition) is 3. The molecule has 0 spiro atoms. The summed E-state index contributed by atoms with van der Waals surface area (Å²) in [6.07, 6.45) is 0.206. The Kier molecular flexibility index (Phi) is 5.26. The number of carbonyl (C=O) groups excluding carboxylic acids is 2. The van der Waals surface area contributed by atoms with Gasteiger partial charge in [-0.3, -0.25) is 4.79 Å². The maximum atomic E-state index is 11.4. The molecule has 5 heteroatoms. The van der Waals surface area contributed by atoms with E-state index in [4.69, 9.17) is 5.73 Å². The van der Waals surface area contributed by atoms with E-state index in [2.05, 4.69) is 22.5 Å². The Hall–Kier alpha value is -2.48. The number of benzene rings is 1. The fourth-order valence-corrected chi connectivity index (χ4v) is 1.33. The van der Waals surface area contributed by atoms with Crippen LogP contribution in [0.15, 0.2) is 30.3 Å². The maximum absolute atomic E-state index is 11.4. The number of hydrogen-bond acceptors (Lipinski definition) is 2. The molecule has 0 aromatic heterocycles. The van der Waals surface area contributed by atoms with E-state index in [1.165, 1.54) is 7.05 Å². The lowest BCUT2D eigenvalue weighted by molar-refractivity contribution is -0.122. The largest absolute Gasteiger partial charge is 0.357 e. The molecule has 1 aromatic carbocycles. The number of nitrogens with one attached hydrogen (secondary N) is 2. The van der Waals surface area contributed by atoms with E-state index in [1.54, 1.807) is 0 Å². The van der Waals surface area contributed by atoms with Crippen molar-refractivity contribution in [3.05, 3.63) is 35.9 Å². The molecule has 5 nitrogen and oxygen atoms in total. The Morgan fingerprint density at radius 3 is 2.56 bits per heavy atom. The Bertz CT molecular complexity index is 474. The van der Waals surface area contributed by atoms with Gasteiger partial charge in [0.1, 0.15) is 6.04 Å². The van der Waals surface area contributed by atoms with Crippen LogP contribution in [0.2, 0.25) is 0 Å². The molecule has 0 bridgehead atoms. The number of urea groups is 1. The molecule has 0 saturated carbocycles. The smallest absolute Gasteiger partial charge is 0.312 e. The normalized spacial score (nSPS) is 10.7. The molecule has 1 aromatic rings. The van der Waals surface area contributed by atoms with Gasteiger partial charge >= 0.3 is 6.03 Å². The summed E-state index contributed by atoms with van der Waals surface area (Å²) in [7, 11) is 1.49. The first-order valence-corrected chi connectivity index (χ1v) is 5.45. The Morgan fingerprint density at radius 1 is 1.33 bits per heavy atom. The second kappa shape index (κ2) is 6.97. The van der Waals surface area contributed by atoms with Gasteiger partial charge in [0.2, 0.25) is 5.91 Å². The van der Waals surface area contributed by atoms with E-state index in [-0.39, 0.29) is 12.3 Å². The molecule has 0 radical (unpaired) electrons. The molecule has 0 saturated heterocycles. The van der Waals surface area contributed by atoms with Crippen LogP contribution in [0.25, 0.3) is 0 Å². The minimum atomic E-state index is -0.745. The van der Waals surface area contributed by atoms with Crippen LogP contribution in [-0.4, -0.2) is 25.0 Å². The molecule has 1 rings (SSSR count). The second-order valence-corrected chi connectivity index (χ2v) is 3.55. The van der Waals surface area contributed by atoms with Crippen LogP contribution in [0.3, 0.4) is 0 Å². The molecule has 0 aliphatic heterocycles. The predicted octanol–water partition coefficient (Wildman–Crippen LogP) is 0.211. The van der Waals surface area contributed by atoms with Crippen molar-refractivity contribution in [2.45, 2.75) is 12.5 Å². The van der Waals surface area contributed by atoms with Gasteiger partial charge < -0.3 is 16.4 Å². The van der Waals surface area contributed by atoms with Crippen LogP contribution in [0, 0.1) is 11.8 Å². The van der Waals surface area contributed by atoms with Gasteiger partial charge in [0, 0.05) is 19.0 Å². The van der Waals surface area contributed by atoms with Gasteiger partial charge in [0.25, 0.3) is 0 Å². The molecule has 4 N–H and O–H groups in total. The van der Waals surface area contributed by atoms with E-state index in [1.807, 2.05) is 30.3 Å². The van der Waals surface area contributed by atoms with Crippen molar-refractivity contribution in [3.63, 3.8) is 0 Å². The summed E-state index contributed by atoms with van der Waals surface area (Å²) in [5.41, 5.74) is 5.84. The van der Waals surface area contributed by atoms with Gasteiger partial charge in [-0.25, -0.2) is 4.79 Å². The van der Waals surface area contributed by atoms with Gasteiger partial charge in [-0.15, -0.1) is 0 Å². The zero-order chi connectivity index (χ0) is 13.4. The number of likely N-dealkylation sites (N-methyl/N-ethyl adjacent to an activating group) is 1. The average molecular weight is 245 g/mol. The third-order valence-corrected chi connectivity index (χ3v) is 2.19. The first kappa shape index (κ1) is 13.6. The molecule has 1 unspecified atom stereocenters. The summed E-state index contributed by atoms with van der Waals surface area (Å²) in [5.74, 6) is 5.42. The highest BCUT2D eigenvalue weighted by atomic mass is 16.2. The van der Waals surface area contributed by atoms with E-state index in [9.17, 15) is 9.59 Å². The molecular formula is C13H15N3O2. The van der Waals surface area contributed by atoms with Gasteiger partial charge in [0.05, 0.1) is 0 Å². The second-order valence-electron chi connectivity index (χ2n) is 3.55. The Morgan fingerprint density at radius 2 is 2.00 bits per heavy atom. The lowest BCUT2D eigenvalue weighted by Crippen LogP contribution is -2.47. The van der Waals surface area contributed by atoms with Crippen molar-refractivity contribution in [3.8, 4) is 11.8 Å². The van der Waals surface area contributed by atoms with Crippen molar-refractivity contribution >= 4 is 11.9 Å². The van der Waals surface area contributed by atoms with Crippen LogP contribution in [0.4, 0.5) is 4.79 Å². The van der Waals surface area contributed by atoms with E-state index >= 15 is 0 Å². The predicted molar refractivity (Wildman–Crippen MR) is 68.5 cm³/mol. The van der Waals surface area contributed by atoms with Gasteiger partial charge in [-0.05, 0) is 12.1 Å². The van der Waals surface area contributed by atoms with E-state index in [0.717, 1.165) is 5.56 Å². The molecule has 0 aliphatic rings. The third-order valence-electron chi connectivity index (χ3n) is 2.19. The van der Waals surface area contributed by atoms with Crippen LogP contribution in [0.5, 0.6) is 0 Å². The highest BCUT2D eigenvalue weighted by molar-refractivity contribution is 5.86. The minimum Gasteiger partial charge on any atom is -0.357 e. The quantitative estimate of drug-likeness (QED) is 0.665. The zero-order valence-electron chi connectivity index (χ0n) is 10.1. The number of amides is 3. The molecule has 0 heterocycles. The first-order chi connectivity index (χ1) is 8.63. The topological polar surface area (TPSA) is 84.2 Å². The zero-order valence-corrected chi connectivity index (χ0v) is 10.1. The lowest BCUT2D eigenvalue weighted by atomic mass is 10.1. The van der Waals surface area contributed by atoms with Crippen LogP contribution >= 0.6 is 0 Å².